The first-order valence-corrected chi connectivity index (χ1v) is 5.91. The molecule has 0 heterocycles. The second-order valence-electron chi connectivity index (χ2n) is 5.12. The lowest BCUT2D eigenvalue weighted by Crippen LogP contribution is -2.32. The van der Waals surface area contributed by atoms with Gasteiger partial charge in [-0.15, -0.1) is 0 Å². The lowest BCUT2D eigenvalue weighted by atomic mass is 9.89. The molecule has 2 rings (SSSR count). The second kappa shape index (κ2) is 4.33. The molecule has 0 saturated heterocycles. The van der Waals surface area contributed by atoms with Crippen LogP contribution in [-0.2, 0) is 9.59 Å². The minimum absolute atomic E-state index is 0.0425. The molecule has 0 aliphatic heterocycles. The summed E-state index contributed by atoms with van der Waals surface area (Å²) in [6, 6.07) is 0. The van der Waals surface area contributed by atoms with Crippen LogP contribution in [0.25, 0.3) is 0 Å². The van der Waals surface area contributed by atoms with Gasteiger partial charge in [-0.25, -0.2) is 0 Å². The van der Waals surface area contributed by atoms with E-state index in [1.807, 2.05) is 0 Å². The maximum atomic E-state index is 11.3. The Balaban J connectivity index is 1.70. The molecule has 2 aliphatic carbocycles. The molecule has 3 atom stereocenters. The van der Waals surface area contributed by atoms with Gasteiger partial charge in [0, 0.05) is 6.54 Å². The lowest BCUT2D eigenvalue weighted by molar-refractivity contribution is -0.127. The molecule has 15 heavy (non-hydrogen) atoms. The smallest absolute Gasteiger partial charge is 0.227 e. The van der Waals surface area contributed by atoms with Crippen LogP contribution in [0.2, 0.25) is 0 Å². The van der Waals surface area contributed by atoms with Gasteiger partial charge < -0.3 is 5.32 Å². The summed E-state index contributed by atoms with van der Waals surface area (Å²) in [4.78, 5) is 22.0. The number of hydrogen-bond donors (Lipinski definition) is 1. The normalized spacial score (nSPS) is 33.0. The zero-order valence-corrected chi connectivity index (χ0v) is 9.29. The van der Waals surface area contributed by atoms with Gasteiger partial charge >= 0.3 is 0 Å². The van der Waals surface area contributed by atoms with Crippen LogP contribution in [0, 0.1) is 17.8 Å². The van der Waals surface area contributed by atoms with Crippen molar-refractivity contribution in [3.8, 4) is 0 Å². The molecule has 0 aromatic heterocycles. The highest BCUT2D eigenvalue weighted by molar-refractivity contribution is 5.96. The molecule has 0 spiro atoms. The van der Waals surface area contributed by atoms with Crippen molar-refractivity contribution in [3.05, 3.63) is 0 Å². The highest BCUT2D eigenvalue weighted by atomic mass is 16.2. The molecule has 84 valence electrons. The molecule has 0 aromatic carbocycles. The number of nitrogens with one attached hydrogen (secondary N) is 1. The van der Waals surface area contributed by atoms with Crippen LogP contribution < -0.4 is 5.32 Å². The Bertz CT molecular complexity index is 275. The van der Waals surface area contributed by atoms with Crippen molar-refractivity contribution >= 4 is 11.7 Å². The Kier molecular flexibility index (Phi) is 3.08. The topological polar surface area (TPSA) is 46.2 Å². The van der Waals surface area contributed by atoms with E-state index in [0.29, 0.717) is 5.92 Å². The van der Waals surface area contributed by atoms with E-state index in [-0.39, 0.29) is 18.1 Å². The van der Waals surface area contributed by atoms with Gasteiger partial charge in [0.1, 0.15) is 5.78 Å². The van der Waals surface area contributed by atoms with Crippen molar-refractivity contribution in [2.24, 2.45) is 17.8 Å². The summed E-state index contributed by atoms with van der Waals surface area (Å²) >= 11 is 0. The number of amides is 1. The summed E-state index contributed by atoms with van der Waals surface area (Å²) < 4.78 is 0. The van der Waals surface area contributed by atoms with Gasteiger partial charge in [-0.05, 0) is 43.9 Å². The van der Waals surface area contributed by atoms with Crippen LogP contribution in [0.5, 0.6) is 0 Å². The van der Waals surface area contributed by atoms with Crippen LogP contribution in [0.1, 0.15) is 39.0 Å². The number of ketones is 1. The number of fused-ring (bicyclic) bond motifs is 2. The minimum atomic E-state index is -0.106. The van der Waals surface area contributed by atoms with Gasteiger partial charge in [0.15, 0.2) is 0 Å². The van der Waals surface area contributed by atoms with E-state index in [1.165, 1.54) is 32.6 Å². The van der Waals surface area contributed by atoms with Gasteiger partial charge in [0.2, 0.25) is 5.91 Å². The van der Waals surface area contributed by atoms with Crippen LogP contribution in [0.15, 0.2) is 0 Å². The van der Waals surface area contributed by atoms with Gasteiger partial charge in [-0.2, -0.15) is 0 Å². The molecule has 0 unspecified atom stereocenters. The largest absolute Gasteiger partial charge is 0.355 e. The Morgan fingerprint density at radius 2 is 2.07 bits per heavy atom. The third-order valence-corrected chi connectivity index (χ3v) is 3.86. The third kappa shape index (κ3) is 2.58. The minimum Gasteiger partial charge on any atom is -0.355 e. The first kappa shape index (κ1) is 10.7. The molecule has 0 radical (unpaired) electrons. The summed E-state index contributed by atoms with van der Waals surface area (Å²) in [6.07, 6.45) is 5.43. The number of Topliss-reactive ketones (excluding diaryl/α,β-unsaturated/α-hetero) is 1. The fourth-order valence-corrected chi connectivity index (χ4v) is 3.16. The molecule has 0 aromatic rings. The SMILES string of the molecule is CC(=O)CC(=O)NC[C@@H]1C[C@H]2CC[C@@H]1C2. The Labute approximate surface area is 90.6 Å². The number of rotatable bonds is 4. The highest BCUT2D eigenvalue weighted by Crippen LogP contribution is 2.47. The van der Waals surface area contributed by atoms with E-state index < -0.39 is 0 Å². The monoisotopic (exact) mass is 209 g/mol. The van der Waals surface area contributed by atoms with E-state index in [9.17, 15) is 9.59 Å². The molecule has 2 bridgehead atoms. The van der Waals surface area contributed by atoms with Crippen LogP contribution >= 0.6 is 0 Å². The van der Waals surface area contributed by atoms with E-state index >= 15 is 0 Å². The van der Waals surface area contributed by atoms with E-state index in [1.54, 1.807) is 0 Å². The van der Waals surface area contributed by atoms with E-state index in [0.717, 1.165) is 18.4 Å². The van der Waals surface area contributed by atoms with Gasteiger partial charge in [0.05, 0.1) is 6.42 Å². The standard InChI is InChI=1S/C12H19NO2/c1-8(14)4-12(15)13-7-11-6-9-2-3-10(11)5-9/h9-11H,2-7H2,1H3,(H,13,15)/t9-,10+,11-/m0/s1. The van der Waals surface area contributed by atoms with Crippen molar-refractivity contribution < 1.29 is 9.59 Å². The van der Waals surface area contributed by atoms with Crippen LogP contribution in [-0.4, -0.2) is 18.2 Å². The molecule has 2 saturated carbocycles. The predicted octanol–water partition coefficient (Wildman–Crippen LogP) is 1.52. The average molecular weight is 209 g/mol. The summed E-state index contributed by atoms with van der Waals surface area (Å²) in [5.74, 6) is 2.28. The molecule has 3 nitrogen and oxygen atoms in total. The van der Waals surface area contributed by atoms with Crippen molar-refractivity contribution in [1.82, 2.24) is 5.32 Å². The van der Waals surface area contributed by atoms with E-state index in [4.69, 9.17) is 0 Å². The summed E-state index contributed by atoms with van der Waals surface area (Å²) in [5.41, 5.74) is 0. The van der Waals surface area contributed by atoms with Crippen molar-refractivity contribution in [2.45, 2.75) is 39.0 Å². The molecule has 1 amide bonds. The molecule has 2 aliphatic rings. The van der Waals surface area contributed by atoms with Crippen LogP contribution in [0.4, 0.5) is 0 Å². The molecule has 2 fully saturated rings. The van der Waals surface area contributed by atoms with Crippen LogP contribution in [0.3, 0.4) is 0 Å². The first-order valence-electron chi connectivity index (χ1n) is 5.91. The molecule has 3 heteroatoms. The van der Waals surface area contributed by atoms with E-state index in [2.05, 4.69) is 5.32 Å². The van der Waals surface area contributed by atoms with Gasteiger partial charge in [-0.3, -0.25) is 9.59 Å². The molecule has 1 N–H and O–H groups in total. The van der Waals surface area contributed by atoms with Crippen molar-refractivity contribution in [1.29, 1.82) is 0 Å². The third-order valence-electron chi connectivity index (χ3n) is 3.86. The fraction of sp³-hybridized carbons (Fsp3) is 0.833. The Morgan fingerprint density at radius 1 is 1.27 bits per heavy atom. The predicted molar refractivity (Wildman–Crippen MR) is 57.2 cm³/mol. The maximum Gasteiger partial charge on any atom is 0.227 e. The van der Waals surface area contributed by atoms with Crippen molar-refractivity contribution in [2.75, 3.05) is 6.54 Å². The Morgan fingerprint density at radius 3 is 2.60 bits per heavy atom. The first-order chi connectivity index (χ1) is 7.15. The number of hydrogen-bond acceptors (Lipinski definition) is 2. The second-order valence-corrected chi connectivity index (χ2v) is 5.12. The zero-order chi connectivity index (χ0) is 10.8. The number of carbonyl (C=O) groups is 2. The molecular formula is C12H19NO2. The Hall–Kier alpha value is -0.860. The molecular weight excluding hydrogens is 190 g/mol. The zero-order valence-electron chi connectivity index (χ0n) is 9.29. The lowest BCUT2D eigenvalue weighted by Gasteiger charge is -2.21. The summed E-state index contributed by atoms with van der Waals surface area (Å²) in [5, 5.41) is 2.88. The summed E-state index contributed by atoms with van der Waals surface area (Å²) in [7, 11) is 0. The number of carbonyl (C=O) groups excluding carboxylic acids is 2. The van der Waals surface area contributed by atoms with Crippen molar-refractivity contribution in [3.63, 3.8) is 0 Å². The quantitative estimate of drug-likeness (QED) is 0.713. The fourth-order valence-electron chi connectivity index (χ4n) is 3.16. The highest BCUT2D eigenvalue weighted by Gasteiger charge is 2.39. The van der Waals surface area contributed by atoms with Gasteiger partial charge in [0.25, 0.3) is 0 Å². The van der Waals surface area contributed by atoms with Gasteiger partial charge in [-0.1, -0.05) is 6.42 Å². The average Bonchev–Trinajstić information content (AvgIpc) is 2.74. The maximum absolute atomic E-state index is 11.3. The summed E-state index contributed by atoms with van der Waals surface area (Å²) in [6.45, 7) is 2.24.